The first-order valence-corrected chi connectivity index (χ1v) is 9.86. The van der Waals surface area contributed by atoms with Gasteiger partial charge in [0, 0.05) is 13.6 Å². The molecular formula is C19H21FN2O5S. The van der Waals surface area contributed by atoms with E-state index < -0.39 is 33.8 Å². The predicted molar refractivity (Wildman–Crippen MR) is 100 cm³/mol. The van der Waals surface area contributed by atoms with Crippen LogP contribution in [-0.4, -0.2) is 45.4 Å². The van der Waals surface area contributed by atoms with Gasteiger partial charge in [0.1, 0.15) is 5.82 Å². The van der Waals surface area contributed by atoms with Crippen LogP contribution in [0.3, 0.4) is 0 Å². The third-order valence-electron chi connectivity index (χ3n) is 3.97. The minimum Gasteiger partial charge on any atom is -0.449 e. The van der Waals surface area contributed by atoms with Crippen LogP contribution in [-0.2, 0) is 26.1 Å². The molecule has 9 heteroatoms. The third kappa shape index (κ3) is 5.37. The first-order valence-electron chi connectivity index (χ1n) is 8.38. The number of nitrogens with zero attached hydrogens (tertiary/aromatic N) is 1. The number of sulfonamides is 1. The number of nitrogens with one attached hydrogen (secondary N) is 1. The Morgan fingerprint density at radius 1 is 1.18 bits per heavy atom. The van der Waals surface area contributed by atoms with Crippen molar-refractivity contribution in [3.63, 3.8) is 0 Å². The molecule has 1 amide bonds. The summed E-state index contributed by atoms with van der Waals surface area (Å²) in [4.78, 5) is 25.9. The number of esters is 1. The Morgan fingerprint density at radius 3 is 2.50 bits per heavy atom. The summed E-state index contributed by atoms with van der Waals surface area (Å²) < 4.78 is 44.3. The van der Waals surface area contributed by atoms with Gasteiger partial charge in [0.15, 0.2) is 6.10 Å². The van der Waals surface area contributed by atoms with E-state index in [9.17, 15) is 22.4 Å². The van der Waals surface area contributed by atoms with Crippen molar-refractivity contribution in [2.45, 2.75) is 24.5 Å². The largest absolute Gasteiger partial charge is 0.449 e. The molecule has 0 aliphatic heterocycles. The molecule has 28 heavy (non-hydrogen) atoms. The highest BCUT2D eigenvalue weighted by molar-refractivity contribution is 7.89. The highest BCUT2D eigenvalue weighted by Crippen LogP contribution is 2.14. The van der Waals surface area contributed by atoms with Gasteiger partial charge in [-0.3, -0.25) is 4.79 Å². The Bertz CT molecular complexity index is 978. The van der Waals surface area contributed by atoms with Crippen molar-refractivity contribution in [1.82, 2.24) is 9.62 Å². The molecule has 1 N–H and O–H groups in total. The Morgan fingerprint density at radius 2 is 1.86 bits per heavy atom. The lowest BCUT2D eigenvalue weighted by Gasteiger charge is -2.21. The lowest BCUT2D eigenvalue weighted by molar-refractivity contribution is -0.139. The van der Waals surface area contributed by atoms with Gasteiger partial charge in [-0.25, -0.2) is 22.3 Å². The maximum atomic E-state index is 13.3. The summed E-state index contributed by atoms with van der Waals surface area (Å²) in [6.07, 6.45) is -1.10. The SMILES string of the molecule is CNS(=O)(=O)c1cccc(C(=O)O[C@@H](C)C(=O)N(C)Cc2cccc(F)c2)c1. The second-order valence-electron chi connectivity index (χ2n) is 6.11. The fraction of sp³-hybridized carbons (Fsp3) is 0.263. The minimum atomic E-state index is -3.71. The number of ether oxygens (including phenoxy) is 1. The summed E-state index contributed by atoms with van der Waals surface area (Å²) in [7, 11) is -0.943. The Kier molecular flexibility index (Phi) is 6.87. The second-order valence-corrected chi connectivity index (χ2v) is 7.99. The highest BCUT2D eigenvalue weighted by atomic mass is 32.2. The van der Waals surface area contributed by atoms with Gasteiger partial charge in [-0.1, -0.05) is 18.2 Å². The monoisotopic (exact) mass is 408 g/mol. The van der Waals surface area contributed by atoms with Crippen molar-refractivity contribution in [2.24, 2.45) is 0 Å². The molecule has 0 unspecified atom stereocenters. The van der Waals surface area contributed by atoms with E-state index in [1.54, 1.807) is 12.1 Å². The lowest BCUT2D eigenvalue weighted by atomic mass is 10.2. The third-order valence-corrected chi connectivity index (χ3v) is 5.38. The minimum absolute atomic E-state index is 0.00348. The maximum absolute atomic E-state index is 13.3. The lowest BCUT2D eigenvalue weighted by Crippen LogP contribution is -2.37. The zero-order chi connectivity index (χ0) is 20.9. The van der Waals surface area contributed by atoms with E-state index >= 15 is 0 Å². The van der Waals surface area contributed by atoms with Gasteiger partial charge in [0.2, 0.25) is 10.0 Å². The summed E-state index contributed by atoms with van der Waals surface area (Å²) >= 11 is 0. The number of benzene rings is 2. The van der Waals surface area contributed by atoms with E-state index in [2.05, 4.69) is 4.72 Å². The summed E-state index contributed by atoms with van der Waals surface area (Å²) in [5.74, 6) is -1.71. The summed E-state index contributed by atoms with van der Waals surface area (Å²) in [6, 6.07) is 11.1. The molecule has 2 rings (SSSR count). The normalized spacial score (nSPS) is 12.3. The van der Waals surface area contributed by atoms with Crippen LogP contribution in [0.2, 0.25) is 0 Å². The Balaban J connectivity index is 2.05. The van der Waals surface area contributed by atoms with Crippen molar-refractivity contribution >= 4 is 21.9 Å². The first kappa shape index (κ1) is 21.5. The van der Waals surface area contributed by atoms with Gasteiger partial charge in [-0.15, -0.1) is 0 Å². The van der Waals surface area contributed by atoms with E-state index in [1.807, 2.05) is 0 Å². The van der Waals surface area contributed by atoms with Gasteiger partial charge in [0.25, 0.3) is 5.91 Å². The first-order chi connectivity index (χ1) is 13.1. The molecule has 0 aliphatic carbocycles. The molecule has 2 aromatic carbocycles. The molecule has 0 saturated carbocycles. The van der Waals surface area contributed by atoms with Gasteiger partial charge in [0.05, 0.1) is 10.5 Å². The molecule has 0 fully saturated rings. The van der Waals surface area contributed by atoms with Crippen LogP contribution in [0.5, 0.6) is 0 Å². The predicted octanol–water partition coefficient (Wildman–Crippen LogP) is 1.94. The summed E-state index contributed by atoms with van der Waals surface area (Å²) in [6.45, 7) is 1.56. The smallest absolute Gasteiger partial charge is 0.338 e. The van der Waals surface area contributed by atoms with E-state index in [1.165, 1.54) is 62.3 Å². The number of carbonyl (C=O) groups excluding carboxylic acids is 2. The van der Waals surface area contributed by atoms with Gasteiger partial charge >= 0.3 is 5.97 Å². The second kappa shape index (κ2) is 8.94. The van der Waals surface area contributed by atoms with Crippen molar-refractivity contribution in [3.05, 3.63) is 65.5 Å². The van der Waals surface area contributed by atoms with Crippen LogP contribution in [0, 0.1) is 5.82 Å². The van der Waals surface area contributed by atoms with E-state index in [-0.39, 0.29) is 17.0 Å². The van der Waals surface area contributed by atoms with Gasteiger partial charge in [-0.2, -0.15) is 0 Å². The van der Waals surface area contributed by atoms with Crippen LogP contribution < -0.4 is 4.72 Å². The van der Waals surface area contributed by atoms with Crippen LogP contribution in [0.4, 0.5) is 4.39 Å². The Hall–Kier alpha value is -2.78. The standard InChI is InChI=1S/C19H21FN2O5S/c1-13(18(23)22(3)12-14-6-4-8-16(20)10-14)27-19(24)15-7-5-9-17(11-15)28(25,26)21-2/h4-11,13,21H,12H2,1-3H3/t13-/m0/s1. The number of amides is 1. The van der Waals surface area contributed by atoms with Crippen LogP contribution in [0.1, 0.15) is 22.8 Å². The van der Waals surface area contributed by atoms with Crippen LogP contribution >= 0.6 is 0 Å². The molecule has 0 spiro atoms. The fourth-order valence-corrected chi connectivity index (χ4v) is 3.26. The fourth-order valence-electron chi connectivity index (χ4n) is 2.48. The Labute approximate surface area is 163 Å². The molecular weight excluding hydrogens is 387 g/mol. The zero-order valence-corrected chi connectivity index (χ0v) is 16.5. The number of rotatable bonds is 7. The maximum Gasteiger partial charge on any atom is 0.338 e. The number of hydrogen-bond donors (Lipinski definition) is 1. The molecule has 0 aliphatic rings. The van der Waals surface area contributed by atoms with Gasteiger partial charge < -0.3 is 9.64 Å². The topological polar surface area (TPSA) is 92.8 Å². The van der Waals surface area contributed by atoms with Crippen molar-refractivity contribution in [1.29, 1.82) is 0 Å². The van der Waals surface area contributed by atoms with Crippen molar-refractivity contribution in [3.8, 4) is 0 Å². The average Bonchev–Trinajstić information content (AvgIpc) is 2.67. The number of likely N-dealkylation sites (N-methyl/N-ethyl adjacent to an activating group) is 1. The van der Waals surface area contributed by atoms with Crippen LogP contribution in [0.15, 0.2) is 53.4 Å². The number of hydrogen-bond acceptors (Lipinski definition) is 5. The van der Waals surface area contributed by atoms with Crippen molar-refractivity contribution < 1.29 is 27.1 Å². The van der Waals surface area contributed by atoms with Gasteiger partial charge in [-0.05, 0) is 49.9 Å². The van der Waals surface area contributed by atoms with E-state index in [0.717, 1.165) is 0 Å². The number of carbonyl (C=O) groups is 2. The zero-order valence-electron chi connectivity index (χ0n) is 15.7. The summed E-state index contributed by atoms with van der Waals surface area (Å²) in [5, 5.41) is 0. The molecule has 0 heterocycles. The average molecular weight is 408 g/mol. The molecule has 0 bridgehead atoms. The van der Waals surface area contributed by atoms with Crippen LogP contribution in [0.25, 0.3) is 0 Å². The van der Waals surface area contributed by atoms with Crippen molar-refractivity contribution in [2.75, 3.05) is 14.1 Å². The molecule has 0 aromatic heterocycles. The highest BCUT2D eigenvalue weighted by Gasteiger charge is 2.23. The molecule has 2 aromatic rings. The molecule has 150 valence electrons. The summed E-state index contributed by atoms with van der Waals surface area (Å²) in [5.41, 5.74) is 0.600. The number of halogens is 1. The molecule has 7 nitrogen and oxygen atoms in total. The van der Waals surface area contributed by atoms with E-state index in [0.29, 0.717) is 5.56 Å². The van der Waals surface area contributed by atoms with E-state index in [4.69, 9.17) is 4.74 Å². The quantitative estimate of drug-likeness (QED) is 0.707. The molecule has 0 radical (unpaired) electrons. The molecule has 0 saturated heterocycles. The molecule has 1 atom stereocenters.